The molecule has 0 saturated heterocycles. The average molecular weight is 371 g/mol. The molecule has 0 spiro atoms. The van der Waals surface area contributed by atoms with Crippen molar-refractivity contribution < 1.29 is 4.79 Å². The van der Waals surface area contributed by atoms with Gasteiger partial charge in [-0.15, -0.1) is 0 Å². The molecule has 0 aliphatic rings. The van der Waals surface area contributed by atoms with E-state index in [0.717, 1.165) is 8.95 Å². The smallest absolute Gasteiger partial charge is 0.255 e. The fourth-order valence-corrected chi connectivity index (χ4v) is 2.69. The highest BCUT2D eigenvalue weighted by Gasteiger charge is 2.09. The first-order valence-corrected chi connectivity index (χ1v) is 6.62. The number of nitrogens with zero attached hydrogens (tertiary/aromatic N) is 1. The first-order valence-electron chi connectivity index (χ1n) is 5.03. The van der Waals surface area contributed by atoms with Crippen molar-refractivity contribution in [2.45, 2.75) is 0 Å². The molecule has 0 saturated carbocycles. The second-order valence-corrected chi connectivity index (χ2v) is 5.41. The second-order valence-electron chi connectivity index (χ2n) is 3.58. The van der Waals surface area contributed by atoms with Crippen molar-refractivity contribution in [2.24, 2.45) is 0 Å². The number of carbonyl (C=O) groups excluding carboxylic acids is 1. The molecule has 0 unspecified atom stereocenters. The number of pyridine rings is 1. The number of benzene rings is 1. The summed E-state index contributed by atoms with van der Waals surface area (Å²) in [7, 11) is 0. The van der Waals surface area contributed by atoms with Gasteiger partial charge < -0.3 is 11.1 Å². The van der Waals surface area contributed by atoms with E-state index in [1.54, 1.807) is 24.4 Å². The van der Waals surface area contributed by atoms with Crippen LogP contribution in [0.25, 0.3) is 0 Å². The molecule has 0 atom stereocenters. The standard InChI is InChI=1S/C12H9Br2N3O/c13-8-3-7(4-9(14)5-8)12(18)17-11-1-2-16-6-10(11)15/h1-6H,15H2,(H,16,17,18). The number of halogens is 2. The van der Waals surface area contributed by atoms with E-state index >= 15 is 0 Å². The van der Waals surface area contributed by atoms with Crippen LogP contribution in [0.4, 0.5) is 11.4 Å². The van der Waals surface area contributed by atoms with Crippen LogP contribution < -0.4 is 11.1 Å². The summed E-state index contributed by atoms with van der Waals surface area (Å²) in [5, 5.41) is 2.74. The molecule has 1 amide bonds. The van der Waals surface area contributed by atoms with E-state index in [2.05, 4.69) is 42.2 Å². The van der Waals surface area contributed by atoms with Gasteiger partial charge in [-0.1, -0.05) is 31.9 Å². The summed E-state index contributed by atoms with van der Waals surface area (Å²) in [5.74, 6) is -0.227. The van der Waals surface area contributed by atoms with Crippen LogP contribution in [-0.2, 0) is 0 Å². The summed E-state index contributed by atoms with van der Waals surface area (Å²) in [6.07, 6.45) is 3.06. The number of nitrogen functional groups attached to an aromatic ring is 1. The lowest BCUT2D eigenvalue weighted by Gasteiger charge is -2.08. The van der Waals surface area contributed by atoms with Crippen LogP contribution in [0.1, 0.15) is 10.4 Å². The fourth-order valence-electron chi connectivity index (χ4n) is 1.40. The van der Waals surface area contributed by atoms with E-state index in [4.69, 9.17) is 5.73 Å². The van der Waals surface area contributed by atoms with Gasteiger partial charge in [-0.3, -0.25) is 9.78 Å². The van der Waals surface area contributed by atoms with Gasteiger partial charge in [0.15, 0.2) is 0 Å². The predicted octanol–water partition coefficient (Wildman–Crippen LogP) is 3.44. The van der Waals surface area contributed by atoms with Gasteiger partial charge in [0.2, 0.25) is 0 Å². The molecule has 6 heteroatoms. The normalized spacial score (nSPS) is 10.1. The zero-order valence-electron chi connectivity index (χ0n) is 9.15. The Morgan fingerprint density at radius 1 is 1.22 bits per heavy atom. The first-order chi connectivity index (χ1) is 8.56. The van der Waals surface area contributed by atoms with Gasteiger partial charge >= 0.3 is 0 Å². The number of carbonyl (C=O) groups is 1. The molecule has 4 nitrogen and oxygen atoms in total. The Bertz CT molecular complexity index is 581. The zero-order valence-corrected chi connectivity index (χ0v) is 12.3. The molecule has 1 aromatic heterocycles. The molecule has 18 heavy (non-hydrogen) atoms. The highest BCUT2D eigenvalue weighted by molar-refractivity contribution is 9.11. The number of amides is 1. The number of rotatable bonds is 2. The maximum atomic E-state index is 12.0. The summed E-state index contributed by atoms with van der Waals surface area (Å²) >= 11 is 6.67. The van der Waals surface area contributed by atoms with Gasteiger partial charge in [0, 0.05) is 20.7 Å². The predicted molar refractivity (Wildman–Crippen MR) is 78.4 cm³/mol. The van der Waals surface area contributed by atoms with Crippen LogP contribution in [0.2, 0.25) is 0 Å². The molecule has 0 bridgehead atoms. The van der Waals surface area contributed by atoms with E-state index in [-0.39, 0.29) is 5.91 Å². The molecule has 92 valence electrons. The number of hydrogen-bond acceptors (Lipinski definition) is 3. The number of hydrogen-bond donors (Lipinski definition) is 2. The summed E-state index contributed by atoms with van der Waals surface area (Å²) < 4.78 is 1.65. The van der Waals surface area contributed by atoms with Crippen LogP contribution in [0.3, 0.4) is 0 Å². The molecule has 3 N–H and O–H groups in total. The Morgan fingerprint density at radius 3 is 2.50 bits per heavy atom. The van der Waals surface area contributed by atoms with Crippen molar-refractivity contribution >= 4 is 49.1 Å². The number of nitrogens with two attached hydrogens (primary N) is 1. The minimum absolute atomic E-state index is 0.227. The van der Waals surface area contributed by atoms with Crippen molar-refractivity contribution in [2.75, 3.05) is 11.1 Å². The van der Waals surface area contributed by atoms with E-state index in [1.807, 2.05) is 6.07 Å². The lowest BCUT2D eigenvalue weighted by Crippen LogP contribution is -2.13. The molecule has 2 aromatic rings. The number of anilines is 2. The first kappa shape index (κ1) is 13.0. The van der Waals surface area contributed by atoms with Crippen molar-refractivity contribution in [3.63, 3.8) is 0 Å². The second kappa shape index (κ2) is 5.49. The Morgan fingerprint density at radius 2 is 1.89 bits per heavy atom. The summed E-state index contributed by atoms with van der Waals surface area (Å²) in [4.78, 5) is 15.9. The topological polar surface area (TPSA) is 68.0 Å². The summed E-state index contributed by atoms with van der Waals surface area (Å²) in [5.41, 5.74) is 7.22. The molecule has 1 heterocycles. The van der Waals surface area contributed by atoms with E-state index in [0.29, 0.717) is 16.9 Å². The van der Waals surface area contributed by atoms with Crippen LogP contribution in [0.5, 0.6) is 0 Å². The molecular weight excluding hydrogens is 362 g/mol. The van der Waals surface area contributed by atoms with Crippen molar-refractivity contribution in [1.82, 2.24) is 4.98 Å². The average Bonchev–Trinajstić information content (AvgIpc) is 2.31. The molecular formula is C12H9Br2N3O. The Kier molecular flexibility index (Phi) is 3.98. The minimum Gasteiger partial charge on any atom is -0.396 e. The van der Waals surface area contributed by atoms with Gasteiger partial charge in [-0.05, 0) is 24.3 Å². The molecule has 1 aromatic carbocycles. The molecule has 0 fully saturated rings. The zero-order chi connectivity index (χ0) is 13.1. The number of aromatic nitrogens is 1. The van der Waals surface area contributed by atoms with E-state index in [9.17, 15) is 4.79 Å². The molecule has 0 aliphatic carbocycles. The van der Waals surface area contributed by atoms with Crippen LogP contribution in [-0.4, -0.2) is 10.9 Å². The minimum atomic E-state index is -0.227. The largest absolute Gasteiger partial charge is 0.396 e. The number of nitrogens with one attached hydrogen (secondary N) is 1. The van der Waals surface area contributed by atoms with E-state index < -0.39 is 0 Å². The monoisotopic (exact) mass is 369 g/mol. The van der Waals surface area contributed by atoms with Gasteiger partial charge in [0.05, 0.1) is 17.6 Å². The lowest BCUT2D eigenvalue weighted by atomic mass is 10.2. The van der Waals surface area contributed by atoms with Crippen molar-refractivity contribution in [3.05, 3.63) is 51.2 Å². The third kappa shape index (κ3) is 3.08. The third-order valence-electron chi connectivity index (χ3n) is 2.22. The fraction of sp³-hybridized carbons (Fsp3) is 0. The summed E-state index contributed by atoms with van der Waals surface area (Å²) in [6.45, 7) is 0. The Hall–Kier alpha value is -1.40. The summed E-state index contributed by atoms with van der Waals surface area (Å²) in [6, 6.07) is 6.98. The van der Waals surface area contributed by atoms with Crippen LogP contribution >= 0.6 is 31.9 Å². The Labute approximate surface area is 121 Å². The lowest BCUT2D eigenvalue weighted by molar-refractivity contribution is 0.102. The highest BCUT2D eigenvalue weighted by atomic mass is 79.9. The van der Waals surface area contributed by atoms with Crippen LogP contribution in [0, 0.1) is 0 Å². The maximum Gasteiger partial charge on any atom is 0.255 e. The molecule has 0 radical (unpaired) electrons. The van der Waals surface area contributed by atoms with Crippen molar-refractivity contribution in [3.8, 4) is 0 Å². The maximum absolute atomic E-state index is 12.0. The highest BCUT2D eigenvalue weighted by Crippen LogP contribution is 2.22. The van der Waals surface area contributed by atoms with Crippen LogP contribution in [0.15, 0.2) is 45.6 Å². The molecule has 2 rings (SSSR count). The van der Waals surface area contributed by atoms with E-state index in [1.165, 1.54) is 6.20 Å². The van der Waals surface area contributed by atoms with Crippen molar-refractivity contribution in [1.29, 1.82) is 0 Å². The third-order valence-corrected chi connectivity index (χ3v) is 3.14. The SMILES string of the molecule is Nc1cnccc1NC(=O)c1cc(Br)cc(Br)c1. The molecule has 0 aliphatic heterocycles. The van der Waals surface area contributed by atoms with Gasteiger partial charge in [0.25, 0.3) is 5.91 Å². The van der Waals surface area contributed by atoms with Gasteiger partial charge in [-0.2, -0.15) is 0 Å². The van der Waals surface area contributed by atoms with Gasteiger partial charge in [0.1, 0.15) is 0 Å². The quantitative estimate of drug-likeness (QED) is 0.850. The van der Waals surface area contributed by atoms with Gasteiger partial charge in [-0.25, -0.2) is 0 Å². The Balaban J connectivity index is 2.25.